The molecule has 0 radical (unpaired) electrons. The molecule has 0 N–H and O–H groups in total. The van der Waals surface area contributed by atoms with Crippen LogP contribution in [-0.2, 0) is 0 Å². The van der Waals surface area contributed by atoms with E-state index in [0.717, 1.165) is 23.1 Å². The van der Waals surface area contributed by atoms with Crippen molar-refractivity contribution in [3.8, 4) is 5.75 Å². The van der Waals surface area contributed by atoms with Crippen LogP contribution < -0.4 is 9.64 Å². The van der Waals surface area contributed by atoms with Crippen molar-refractivity contribution in [2.45, 2.75) is 39.3 Å². The highest BCUT2D eigenvalue weighted by molar-refractivity contribution is 5.94. The van der Waals surface area contributed by atoms with Crippen molar-refractivity contribution in [1.82, 2.24) is 19.6 Å². The lowest BCUT2D eigenvalue weighted by Gasteiger charge is -2.25. The van der Waals surface area contributed by atoms with Gasteiger partial charge in [0.25, 0.3) is 5.78 Å². The van der Waals surface area contributed by atoms with Crippen molar-refractivity contribution in [2.24, 2.45) is 5.41 Å². The maximum Gasteiger partial charge on any atom is 0.394 e. The van der Waals surface area contributed by atoms with E-state index in [2.05, 4.69) is 15.2 Å². The van der Waals surface area contributed by atoms with Crippen LogP contribution in [0.1, 0.15) is 31.7 Å². The van der Waals surface area contributed by atoms with Crippen LogP contribution in [0.15, 0.2) is 36.7 Å². The number of para-hydroxylation sites is 1. The number of benzene rings is 2. The second-order valence-corrected chi connectivity index (χ2v) is 9.03. The molecule has 0 atom stereocenters. The van der Waals surface area contributed by atoms with Crippen LogP contribution in [-0.4, -0.2) is 38.9 Å². The third-order valence-electron chi connectivity index (χ3n) is 6.49. The Bertz CT molecular complexity index is 1410. The molecule has 1 aliphatic heterocycles. The van der Waals surface area contributed by atoms with Crippen LogP contribution in [0.2, 0.25) is 0 Å². The van der Waals surface area contributed by atoms with Crippen molar-refractivity contribution in [2.75, 3.05) is 18.1 Å². The monoisotopic (exact) mass is 491 g/mol. The summed E-state index contributed by atoms with van der Waals surface area (Å²) in [6.45, 7) is 4.30. The van der Waals surface area contributed by atoms with Gasteiger partial charge in [0.15, 0.2) is 11.6 Å². The molecule has 2 aliphatic rings. The third-order valence-corrected chi connectivity index (χ3v) is 6.49. The molecule has 1 fully saturated rings. The maximum atomic E-state index is 14.9. The Kier molecular flexibility index (Phi) is 5.52. The van der Waals surface area contributed by atoms with Crippen LogP contribution in [0.4, 0.5) is 33.5 Å². The molecular formula is C24H22F5N5O. The van der Waals surface area contributed by atoms with Crippen LogP contribution in [0.5, 0.6) is 5.75 Å². The van der Waals surface area contributed by atoms with Crippen molar-refractivity contribution in [3.63, 3.8) is 0 Å². The molecule has 4 aromatic rings. The van der Waals surface area contributed by atoms with Gasteiger partial charge < -0.3 is 9.64 Å². The average Bonchev–Trinajstić information content (AvgIpc) is 3.47. The van der Waals surface area contributed by atoms with Crippen LogP contribution in [0.3, 0.4) is 0 Å². The summed E-state index contributed by atoms with van der Waals surface area (Å²) >= 11 is 0. The number of nitrogens with zero attached hydrogens (tertiary/aromatic N) is 5. The number of rotatable bonds is 1. The first-order valence-corrected chi connectivity index (χ1v) is 11.1. The number of hydrogen-bond donors (Lipinski definition) is 0. The fourth-order valence-corrected chi connectivity index (χ4v) is 4.02. The zero-order valence-corrected chi connectivity index (χ0v) is 19.0. The molecule has 2 aromatic carbocycles. The predicted octanol–water partition coefficient (Wildman–Crippen LogP) is 6.13. The maximum absolute atomic E-state index is 14.9. The van der Waals surface area contributed by atoms with Gasteiger partial charge in [-0.15, -0.1) is 10.2 Å². The molecule has 0 unspecified atom stereocenters. The second kappa shape index (κ2) is 8.31. The number of anilines is 2. The summed E-state index contributed by atoms with van der Waals surface area (Å²) in [5, 5.41) is 7.95. The Labute approximate surface area is 197 Å². The summed E-state index contributed by atoms with van der Waals surface area (Å²) in [4.78, 5) is 6.38. The van der Waals surface area contributed by atoms with Gasteiger partial charge in [0.2, 0.25) is 0 Å². The van der Waals surface area contributed by atoms with E-state index in [1.54, 1.807) is 4.40 Å². The molecule has 6 nitrogen and oxygen atoms in total. The Balaban J connectivity index is 0.000000271. The van der Waals surface area contributed by atoms with Gasteiger partial charge in [0.05, 0.1) is 28.6 Å². The number of aromatic nitrogens is 4. The summed E-state index contributed by atoms with van der Waals surface area (Å²) in [7, 11) is 0. The molecule has 1 aliphatic carbocycles. The summed E-state index contributed by atoms with van der Waals surface area (Å²) in [5.74, 6) is -0.510. The fourth-order valence-electron chi connectivity index (χ4n) is 4.02. The van der Waals surface area contributed by atoms with E-state index in [9.17, 15) is 22.0 Å². The van der Waals surface area contributed by atoms with Gasteiger partial charge in [-0.05, 0) is 49.9 Å². The zero-order chi connectivity index (χ0) is 25.0. The SMILES string of the molecule is CC1(C(F)(F)F)CC1.Cc1cccc2c1OCCCN2c1nc2nncn2c2ccc(F)c(F)c12. The van der Waals surface area contributed by atoms with Crippen LogP contribution >= 0.6 is 0 Å². The molecule has 3 heterocycles. The predicted molar refractivity (Wildman–Crippen MR) is 120 cm³/mol. The smallest absolute Gasteiger partial charge is 0.394 e. The molecule has 0 spiro atoms. The van der Waals surface area contributed by atoms with E-state index in [4.69, 9.17) is 4.74 Å². The average molecular weight is 491 g/mol. The Hall–Kier alpha value is -3.50. The van der Waals surface area contributed by atoms with E-state index in [1.807, 2.05) is 30.0 Å². The zero-order valence-electron chi connectivity index (χ0n) is 19.0. The molecule has 0 saturated heterocycles. The molecule has 6 rings (SSSR count). The quantitative estimate of drug-likeness (QED) is 0.300. The molecule has 1 saturated carbocycles. The topological polar surface area (TPSA) is 55.5 Å². The van der Waals surface area contributed by atoms with E-state index in [0.29, 0.717) is 49.5 Å². The highest BCUT2D eigenvalue weighted by Gasteiger charge is 2.59. The highest BCUT2D eigenvalue weighted by atomic mass is 19.4. The van der Waals surface area contributed by atoms with E-state index in [1.165, 1.54) is 19.3 Å². The highest BCUT2D eigenvalue weighted by Crippen LogP contribution is 2.56. The Morgan fingerprint density at radius 2 is 1.86 bits per heavy atom. The lowest BCUT2D eigenvalue weighted by atomic mass is 10.1. The number of aryl methyl sites for hydroxylation is 1. The normalized spacial score (nSPS) is 16.8. The first-order chi connectivity index (χ1) is 16.6. The van der Waals surface area contributed by atoms with Gasteiger partial charge in [-0.2, -0.15) is 18.2 Å². The van der Waals surface area contributed by atoms with Crippen molar-refractivity contribution in [3.05, 3.63) is 53.9 Å². The number of hydrogen-bond acceptors (Lipinski definition) is 5. The number of ether oxygens (including phenoxy) is 1. The number of halogens is 5. The van der Waals surface area contributed by atoms with Crippen molar-refractivity contribution in [1.29, 1.82) is 0 Å². The summed E-state index contributed by atoms with van der Waals surface area (Å²) in [6, 6.07) is 8.37. The van der Waals surface area contributed by atoms with Crippen LogP contribution in [0.25, 0.3) is 16.7 Å². The minimum absolute atomic E-state index is 0.0941. The second-order valence-electron chi connectivity index (χ2n) is 9.03. The first-order valence-electron chi connectivity index (χ1n) is 11.1. The molecule has 0 amide bonds. The summed E-state index contributed by atoms with van der Waals surface area (Å²) in [5.41, 5.74) is 0.888. The summed E-state index contributed by atoms with van der Waals surface area (Å²) in [6.07, 6.45) is -1.17. The van der Waals surface area contributed by atoms with Gasteiger partial charge in [-0.3, -0.25) is 4.40 Å². The lowest BCUT2D eigenvalue weighted by molar-refractivity contribution is -0.181. The first kappa shape index (κ1) is 23.3. The third kappa shape index (κ3) is 4.02. The molecular weight excluding hydrogens is 469 g/mol. The number of fused-ring (bicyclic) bond motifs is 4. The summed E-state index contributed by atoms with van der Waals surface area (Å²) < 4.78 is 71.3. The van der Waals surface area contributed by atoms with Gasteiger partial charge in [-0.1, -0.05) is 19.1 Å². The minimum atomic E-state index is -3.95. The largest absolute Gasteiger partial charge is 0.491 e. The standard InChI is InChI=1S/C19H15F2N5O.C5H7F3/c1-11-4-2-5-14-17(11)27-9-3-8-25(14)18-15-13(7-6-12(20)16(15)21)26-10-22-24-19(26)23-18;1-4(2-3-4)5(6,7)8/h2,4-7,10H,3,8-9H2,1H3;2-3H2,1H3. The molecule has 184 valence electrons. The van der Waals surface area contributed by atoms with Gasteiger partial charge in [0.1, 0.15) is 17.9 Å². The van der Waals surface area contributed by atoms with Crippen LogP contribution in [0, 0.1) is 24.0 Å². The minimum Gasteiger partial charge on any atom is -0.491 e. The fraction of sp³-hybridized carbons (Fsp3) is 0.375. The Morgan fingerprint density at radius 1 is 1.09 bits per heavy atom. The van der Waals surface area contributed by atoms with E-state index >= 15 is 0 Å². The van der Waals surface area contributed by atoms with Crippen molar-refractivity contribution < 1.29 is 26.7 Å². The molecule has 2 aromatic heterocycles. The Morgan fingerprint density at radius 3 is 2.54 bits per heavy atom. The van der Waals surface area contributed by atoms with Gasteiger partial charge >= 0.3 is 6.18 Å². The molecule has 0 bridgehead atoms. The molecule has 11 heteroatoms. The van der Waals surface area contributed by atoms with Crippen molar-refractivity contribution >= 4 is 28.2 Å². The lowest BCUT2D eigenvalue weighted by Crippen LogP contribution is -2.20. The number of alkyl halides is 3. The van der Waals surface area contributed by atoms with E-state index < -0.39 is 23.2 Å². The van der Waals surface area contributed by atoms with E-state index in [-0.39, 0.29) is 5.39 Å². The molecule has 35 heavy (non-hydrogen) atoms. The van der Waals surface area contributed by atoms with Gasteiger partial charge in [0, 0.05) is 6.54 Å². The van der Waals surface area contributed by atoms with Gasteiger partial charge in [-0.25, -0.2) is 8.78 Å².